The van der Waals surface area contributed by atoms with Crippen LogP contribution < -0.4 is 5.56 Å². The molecule has 0 unspecified atom stereocenters. The Morgan fingerprint density at radius 1 is 1.23 bits per heavy atom. The number of nitrogens with one attached hydrogen (secondary N) is 1. The van der Waals surface area contributed by atoms with Gasteiger partial charge in [0.05, 0.1) is 22.0 Å². The zero-order valence-corrected chi connectivity index (χ0v) is 12.6. The predicted molar refractivity (Wildman–Crippen MR) is 87.1 cm³/mol. The Morgan fingerprint density at radius 2 is 2.14 bits per heavy atom. The second-order valence-electron chi connectivity index (χ2n) is 4.99. The lowest BCUT2D eigenvalue weighted by Crippen LogP contribution is -2.14. The molecule has 108 valence electrons. The van der Waals surface area contributed by atoms with Crippen molar-refractivity contribution in [3.05, 3.63) is 63.9 Å². The zero-order valence-electron chi connectivity index (χ0n) is 11.8. The van der Waals surface area contributed by atoms with Gasteiger partial charge in [0, 0.05) is 18.3 Å². The topological polar surface area (TPSA) is 63.1 Å². The second-order valence-corrected chi connectivity index (χ2v) is 5.94. The van der Waals surface area contributed by atoms with Crippen molar-refractivity contribution in [2.45, 2.75) is 6.92 Å². The average molecular weight is 308 g/mol. The van der Waals surface area contributed by atoms with Gasteiger partial charge >= 0.3 is 0 Å². The van der Waals surface area contributed by atoms with Gasteiger partial charge in [-0.25, -0.2) is 9.50 Å². The third kappa shape index (κ3) is 2.05. The lowest BCUT2D eigenvalue weighted by atomic mass is 10.1. The molecule has 0 saturated carbocycles. The van der Waals surface area contributed by atoms with Crippen LogP contribution in [0, 0.1) is 6.92 Å². The molecule has 0 amide bonds. The molecule has 0 aliphatic heterocycles. The predicted octanol–water partition coefficient (Wildman–Crippen LogP) is 3.12. The van der Waals surface area contributed by atoms with Crippen LogP contribution in [0.5, 0.6) is 0 Å². The molecule has 0 aromatic carbocycles. The summed E-state index contributed by atoms with van der Waals surface area (Å²) in [5.74, 6) is 0. The van der Waals surface area contributed by atoms with Crippen molar-refractivity contribution in [3.8, 4) is 22.0 Å². The molecule has 4 heterocycles. The van der Waals surface area contributed by atoms with E-state index in [0.29, 0.717) is 11.3 Å². The lowest BCUT2D eigenvalue weighted by Gasteiger charge is -2.03. The van der Waals surface area contributed by atoms with Crippen molar-refractivity contribution < 1.29 is 0 Å². The van der Waals surface area contributed by atoms with E-state index in [0.717, 1.165) is 21.8 Å². The molecule has 4 aromatic heterocycles. The van der Waals surface area contributed by atoms with Gasteiger partial charge in [0.2, 0.25) is 0 Å². The molecular weight excluding hydrogens is 296 g/mol. The Labute approximate surface area is 129 Å². The van der Waals surface area contributed by atoms with Gasteiger partial charge < -0.3 is 0 Å². The number of aryl methyl sites for hydroxylation is 1. The van der Waals surface area contributed by atoms with E-state index >= 15 is 0 Å². The number of thiophene rings is 1. The van der Waals surface area contributed by atoms with E-state index in [1.807, 2.05) is 42.6 Å². The molecule has 0 saturated heterocycles. The molecule has 0 radical (unpaired) electrons. The summed E-state index contributed by atoms with van der Waals surface area (Å²) in [5, 5.41) is 5.09. The van der Waals surface area contributed by atoms with Crippen LogP contribution in [0.1, 0.15) is 5.56 Å². The number of hydrogen-bond donors (Lipinski definition) is 1. The molecule has 0 aliphatic carbocycles. The highest BCUT2D eigenvalue weighted by molar-refractivity contribution is 7.13. The van der Waals surface area contributed by atoms with E-state index in [-0.39, 0.29) is 5.56 Å². The Balaban J connectivity index is 1.94. The Hall–Kier alpha value is -2.73. The summed E-state index contributed by atoms with van der Waals surface area (Å²) in [6, 6.07) is 11.2. The average Bonchev–Trinajstić information content (AvgIpc) is 3.16. The summed E-state index contributed by atoms with van der Waals surface area (Å²) < 4.78 is 1.46. The van der Waals surface area contributed by atoms with Gasteiger partial charge in [0.1, 0.15) is 0 Å². The minimum Gasteiger partial charge on any atom is -0.288 e. The molecular formula is C16H12N4OS. The maximum atomic E-state index is 12.3. The fourth-order valence-electron chi connectivity index (χ4n) is 2.42. The smallest absolute Gasteiger partial charge is 0.273 e. The number of fused-ring (bicyclic) bond motifs is 1. The minimum absolute atomic E-state index is 0.146. The molecule has 0 spiro atoms. The van der Waals surface area contributed by atoms with E-state index < -0.39 is 0 Å². The molecule has 6 heteroatoms. The summed E-state index contributed by atoms with van der Waals surface area (Å²) in [4.78, 5) is 22.3. The standard InChI is InChI=1S/C16H12N4OS/c1-10-4-2-6-17-16(10)12-9-15(21)20-14(18-12)8-11(19-20)13-5-3-7-22-13/h2-9,19H,1H3. The highest BCUT2D eigenvalue weighted by Crippen LogP contribution is 2.24. The molecule has 4 rings (SSSR count). The summed E-state index contributed by atoms with van der Waals surface area (Å²) in [6.45, 7) is 1.96. The number of nitrogens with zero attached hydrogens (tertiary/aromatic N) is 3. The Kier molecular flexibility index (Phi) is 2.90. The first-order valence-corrected chi connectivity index (χ1v) is 7.69. The number of rotatable bonds is 2. The van der Waals surface area contributed by atoms with E-state index in [9.17, 15) is 4.79 Å². The van der Waals surface area contributed by atoms with Crippen LogP contribution in [0.2, 0.25) is 0 Å². The number of H-pyrrole nitrogens is 1. The molecule has 0 fully saturated rings. The first-order chi connectivity index (χ1) is 10.7. The highest BCUT2D eigenvalue weighted by atomic mass is 32.1. The first kappa shape index (κ1) is 13.0. The van der Waals surface area contributed by atoms with Crippen molar-refractivity contribution >= 4 is 17.0 Å². The van der Waals surface area contributed by atoms with Gasteiger partial charge in [0.25, 0.3) is 5.56 Å². The fraction of sp³-hybridized carbons (Fsp3) is 0.0625. The van der Waals surface area contributed by atoms with E-state index in [4.69, 9.17) is 0 Å². The number of aromatic nitrogens is 4. The summed E-state index contributed by atoms with van der Waals surface area (Å²) in [5.41, 5.74) is 3.66. The fourth-order valence-corrected chi connectivity index (χ4v) is 3.12. The van der Waals surface area contributed by atoms with Crippen LogP contribution in [0.15, 0.2) is 52.8 Å². The molecule has 22 heavy (non-hydrogen) atoms. The van der Waals surface area contributed by atoms with Crippen molar-refractivity contribution in [1.82, 2.24) is 19.6 Å². The van der Waals surface area contributed by atoms with Crippen molar-refractivity contribution in [2.75, 3.05) is 0 Å². The van der Waals surface area contributed by atoms with Crippen LogP contribution >= 0.6 is 11.3 Å². The van der Waals surface area contributed by atoms with Gasteiger partial charge in [0.15, 0.2) is 5.65 Å². The van der Waals surface area contributed by atoms with Crippen LogP contribution in [0.3, 0.4) is 0 Å². The Bertz CT molecular complexity index is 1010. The second kappa shape index (κ2) is 4.92. The minimum atomic E-state index is -0.146. The zero-order chi connectivity index (χ0) is 15.1. The van der Waals surface area contributed by atoms with E-state index in [1.54, 1.807) is 17.5 Å². The molecule has 0 bridgehead atoms. The largest absolute Gasteiger partial charge is 0.288 e. The maximum Gasteiger partial charge on any atom is 0.273 e. The van der Waals surface area contributed by atoms with Crippen LogP contribution in [0.25, 0.3) is 27.6 Å². The third-order valence-electron chi connectivity index (χ3n) is 3.49. The van der Waals surface area contributed by atoms with Crippen molar-refractivity contribution in [2.24, 2.45) is 0 Å². The van der Waals surface area contributed by atoms with Crippen molar-refractivity contribution in [1.29, 1.82) is 0 Å². The number of pyridine rings is 1. The van der Waals surface area contributed by atoms with Crippen LogP contribution in [-0.4, -0.2) is 19.6 Å². The number of aromatic amines is 1. The Morgan fingerprint density at radius 3 is 2.91 bits per heavy atom. The monoisotopic (exact) mass is 308 g/mol. The van der Waals surface area contributed by atoms with Gasteiger partial charge in [-0.2, -0.15) is 0 Å². The van der Waals surface area contributed by atoms with E-state index in [2.05, 4.69) is 15.1 Å². The SMILES string of the molecule is Cc1cccnc1-c1cc(=O)n2[nH]c(-c3cccs3)cc2n1. The molecule has 1 N–H and O–H groups in total. The van der Waals surface area contributed by atoms with Crippen molar-refractivity contribution in [3.63, 3.8) is 0 Å². The van der Waals surface area contributed by atoms with Crippen LogP contribution in [0.4, 0.5) is 0 Å². The molecule has 5 nitrogen and oxygen atoms in total. The molecule has 0 aliphatic rings. The number of hydrogen-bond acceptors (Lipinski definition) is 4. The highest BCUT2D eigenvalue weighted by Gasteiger charge is 2.11. The normalized spacial score (nSPS) is 11.1. The van der Waals surface area contributed by atoms with E-state index in [1.165, 1.54) is 10.6 Å². The molecule has 4 aromatic rings. The van der Waals surface area contributed by atoms with Gasteiger partial charge in [-0.3, -0.25) is 14.9 Å². The van der Waals surface area contributed by atoms with Crippen LogP contribution in [-0.2, 0) is 0 Å². The first-order valence-electron chi connectivity index (χ1n) is 6.81. The van der Waals surface area contributed by atoms with Gasteiger partial charge in [-0.15, -0.1) is 11.3 Å². The van der Waals surface area contributed by atoms with Gasteiger partial charge in [-0.1, -0.05) is 12.1 Å². The quantitative estimate of drug-likeness (QED) is 0.619. The molecule has 0 atom stereocenters. The maximum absolute atomic E-state index is 12.3. The summed E-state index contributed by atoms with van der Waals surface area (Å²) in [7, 11) is 0. The summed E-state index contributed by atoms with van der Waals surface area (Å²) in [6.07, 6.45) is 1.71. The third-order valence-corrected chi connectivity index (χ3v) is 4.39. The summed E-state index contributed by atoms with van der Waals surface area (Å²) >= 11 is 1.61. The van der Waals surface area contributed by atoms with Gasteiger partial charge in [-0.05, 0) is 30.0 Å². The lowest BCUT2D eigenvalue weighted by molar-refractivity contribution is 0.904.